The molecule has 1 rings (SSSR count). The quantitative estimate of drug-likeness (QED) is 0.692. The molecule has 0 aromatic heterocycles. The van der Waals surface area contributed by atoms with Crippen LogP contribution in [0.5, 0.6) is 0 Å². The van der Waals surface area contributed by atoms with Gasteiger partial charge in [0.2, 0.25) is 0 Å². The molecule has 15 heavy (non-hydrogen) atoms. The van der Waals surface area contributed by atoms with Crippen LogP contribution in [0.15, 0.2) is 47.7 Å². The molecule has 0 amide bonds. The molecule has 0 unspecified atom stereocenters. The van der Waals surface area contributed by atoms with Crippen molar-refractivity contribution < 1.29 is 9.90 Å². The van der Waals surface area contributed by atoms with Gasteiger partial charge in [-0.15, -0.1) is 0 Å². The second kappa shape index (κ2) is 4.64. The molecule has 3 N–H and O–H groups in total. The third-order valence-corrected chi connectivity index (χ3v) is 2.15. The number of aliphatic carboxylic acids is 1. The molecule has 80 valence electrons. The van der Waals surface area contributed by atoms with E-state index in [0.29, 0.717) is 12.1 Å². The summed E-state index contributed by atoms with van der Waals surface area (Å²) >= 11 is 0. The Hall–Kier alpha value is -1.77. The Balaban J connectivity index is 2.75. The van der Waals surface area contributed by atoms with Crippen LogP contribution in [0.2, 0.25) is 0 Å². The first-order valence-corrected chi connectivity index (χ1v) is 4.75. The zero-order valence-electron chi connectivity index (χ0n) is 8.73. The van der Waals surface area contributed by atoms with Gasteiger partial charge in [0.25, 0.3) is 0 Å². The summed E-state index contributed by atoms with van der Waals surface area (Å²) in [6.07, 6.45) is 7.52. The van der Waals surface area contributed by atoms with Crippen molar-refractivity contribution >= 4 is 5.97 Å². The maximum Gasteiger partial charge on any atom is 0.310 e. The van der Waals surface area contributed by atoms with Gasteiger partial charge in [0, 0.05) is 5.70 Å². The fourth-order valence-corrected chi connectivity index (χ4v) is 1.37. The minimum absolute atomic E-state index is 0.425. The van der Waals surface area contributed by atoms with E-state index < -0.39 is 11.9 Å². The number of nitrogens with two attached hydrogens (primary N) is 1. The lowest BCUT2D eigenvalue weighted by atomic mass is 9.95. The van der Waals surface area contributed by atoms with Crippen LogP contribution in [-0.2, 0) is 4.79 Å². The predicted molar refractivity (Wildman–Crippen MR) is 60.1 cm³/mol. The Bertz CT molecular complexity index is 375. The first-order chi connectivity index (χ1) is 7.00. The zero-order chi connectivity index (χ0) is 11.4. The minimum atomic E-state index is -0.802. The molecule has 0 aromatic rings. The highest BCUT2D eigenvalue weighted by Gasteiger charge is 2.16. The van der Waals surface area contributed by atoms with Gasteiger partial charge in [-0.3, -0.25) is 4.79 Å². The van der Waals surface area contributed by atoms with E-state index in [1.165, 1.54) is 0 Å². The van der Waals surface area contributed by atoms with E-state index in [0.717, 1.165) is 11.1 Å². The van der Waals surface area contributed by atoms with Crippen LogP contribution in [-0.4, -0.2) is 11.1 Å². The maximum atomic E-state index is 10.7. The Morgan fingerprint density at radius 3 is 2.80 bits per heavy atom. The Labute approximate surface area is 89.3 Å². The molecule has 0 aromatic carbocycles. The molecule has 0 spiro atoms. The largest absolute Gasteiger partial charge is 0.481 e. The molecule has 0 heterocycles. The normalized spacial score (nSPS) is 21.0. The van der Waals surface area contributed by atoms with Gasteiger partial charge >= 0.3 is 5.97 Å². The highest BCUT2D eigenvalue weighted by atomic mass is 16.4. The molecule has 0 saturated carbocycles. The summed E-state index contributed by atoms with van der Waals surface area (Å²) < 4.78 is 0. The number of carboxylic acid groups (broad SMARTS) is 1. The molecule has 1 atom stereocenters. The van der Waals surface area contributed by atoms with Crippen molar-refractivity contribution in [3.63, 3.8) is 0 Å². The van der Waals surface area contributed by atoms with Crippen LogP contribution < -0.4 is 5.73 Å². The fraction of sp³-hybridized carbons (Fsp3) is 0.250. The first kappa shape index (κ1) is 11.3. The van der Waals surface area contributed by atoms with Crippen LogP contribution in [0.3, 0.4) is 0 Å². The predicted octanol–water partition coefficient (Wildman–Crippen LogP) is 1.99. The molecular formula is C12H15NO2. The number of carboxylic acids is 1. The lowest BCUT2D eigenvalue weighted by Gasteiger charge is -2.12. The molecule has 0 saturated heterocycles. The molecule has 1 aliphatic carbocycles. The van der Waals surface area contributed by atoms with E-state index in [-0.39, 0.29) is 0 Å². The van der Waals surface area contributed by atoms with Crippen molar-refractivity contribution in [3.05, 3.63) is 47.7 Å². The highest BCUT2D eigenvalue weighted by Crippen LogP contribution is 2.20. The van der Waals surface area contributed by atoms with Gasteiger partial charge in [-0.25, -0.2) is 0 Å². The Morgan fingerprint density at radius 1 is 1.73 bits per heavy atom. The smallest absolute Gasteiger partial charge is 0.310 e. The van der Waals surface area contributed by atoms with E-state index in [2.05, 4.69) is 6.58 Å². The van der Waals surface area contributed by atoms with Gasteiger partial charge in [-0.2, -0.15) is 0 Å². The number of hydrogen-bond donors (Lipinski definition) is 2. The van der Waals surface area contributed by atoms with Gasteiger partial charge in [0.05, 0.1) is 5.92 Å². The number of rotatable bonds is 3. The third-order valence-electron chi connectivity index (χ3n) is 2.15. The van der Waals surface area contributed by atoms with Gasteiger partial charge in [-0.05, 0) is 25.0 Å². The average Bonchev–Trinajstić information content (AvgIpc) is 2.17. The average molecular weight is 205 g/mol. The van der Waals surface area contributed by atoms with Gasteiger partial charge in [-0.1, -0.05) is 30.4 Å². The van der Waals surface area contributed by atoms with E-state index in [1.807, 2.05) is 13.0 Å². The third kappa shape index (κ3) is 3.13. The van der Waals surface area contributed by atoms with Crippen LogP contribution >= 0.6 is 0 Å². The lowest BCUT2D eigenvalue weighted by Crippen LogP contribution is -2.13. The summed E-state index contributed by atoms with van der Waals surface area (Å²) in [5.41, 5.74) is 8.18. The second-order valence-electron chi connectivity index (χ2n) is 3.65. The van der Waals surface area contributed by atoms with Crippen molar-refractivity contribution in [2.45, 2.75) is 13.3 Å². The van der Waals surface area contributed by atoms with Crippen molar-refractivity contribution in [2.75, 3.05) is 0 Å². The molecule has 0 fully saturated rings. The zero-order valence-corrected chi connectivity index (χ0v) is 8.73. The summed E-state index contributed by atoms with van der Waals surface area (Å²) in [4.78, 5) is 10.7. The van der Waals surface area contributed by atoms with Gasteiger partial charge < -0.3 is 10.8 Å². The minimum Gasteiger partial charge on any atom is -0.481 e. The van der Waals surface area contributed by atoms with Crippen molar-refractivity contribution in [1.29, 1.82) is 0 Å². The molecule has 0 radical (unpaired) electrons. The summed E-state index contributed by atoms with van der Waals surface area (Å²) in [5, 5.41) is 8.77. The second-order valence-corrected chi connectivity index (χ2v) is 3.65. The standard InChI is InChI=1S/C12H15NO2/c1-8(2)7-11(13)9-3-5-10(6-4-9)12(14)15/h3-5,7,10H,1,6,13H2,2H3,(H,14,15)/b11-7-/t10-/m1/s1. The molecule has 3 nitrogen and oxygen atoms in total. The lowest BCUT2D eigenvalue weighted by molar-refractivity contribution is -0.139. The monoisotopic (exact) mass is 205 g/mol. The van der Waals surface area contributed by atoms with Crippen molar-refractivity contribution in [2.24, 2.45) is 11.7 Å². The van der Waals surface area contributed by atoms with E-state index in [4.69, 9.17) is 10.8 Å². The highest BCUT2D eigenvalue weighted by molar-refractivity contribution is 5.73. The van der Waals surface area contributed by atoms with Crippen LogP contribution in [0, 0.1) is 5.92 Å². The van der Waals surface area contributed by atoms with E-state index >= 15 is 0 Å². The van der Waals surface area contributed by atoms with Crippen molar-refractivity contribution in [3.8, 4) is 0 Å². The molecule has 1 aliphatic rings. The summed E-state index contributed by atoms with van der Waals surface area (Å²) in [5.74, 6) is -1.23. The van der Waals surface area contributed by atoms with Gasteiger partial charge in [0.1, 0.15) is 0 Å². The first-order valence-electron chi connectivity index (χ1n) is 4.75. The maximum absolute atomic E-state index is 10.7. The number of allylic oxidation sites excluding steroid dienone is 4. The van der Waals surface area contributed by atoms with Crippen LogP contribution in [0.25, 0.3) is 0 Å². The molecular weight excluding hydrogens is 190 g/mol. The Morgan fingerprint density at radius 2 is 2.40 bits per heavy atom. The van der Waals surface area contributed by atoms with Crippen molar-refractivity contribution in [1.82, 2.24) is 0 Å². The van der Waals surface area contributed by atoms with Gasteiger partial charge in [0.15, 0.2) is 0 Å². The summed E-state index contributed by atoms with van der Waals surface area (Å²) in [6, 6.07) is 0. The summed E-state index contributed by atoms with van der Waals surface area (Å²) in [6.45, 7) is 5.59. The number of hydrogen-bond acceptors (Lipinski definition) is 2. The van der Waals surface area contributed by atoms with Crippen LogP contribution in [0.1, 0.15) is 13.3 Å². The fourth-order valence-electron chi connectivity index (χ4n) is 1.37. The Kier molecular flexibility index (Phi) is 3.50. The SMILES string of the molecule is C=C(C)/C=C(\N)C1=CC[C@H](C(=O)O)C=C1. The van der Waals surface area contributed by atoms with E-state index in [9.17, 15) is 4.79 Å². The topological polar surface area (TPSA) is 63.3 Å². The number of carbonyl (C=O) groups is 1. The molecule has 0 bridgehead atoms. The summed E-state index contributed by atoms with van der Waals surface area (Å²) in [7, 11) is 0. The van der Waals surface area contributed by atoms with E-state index in [1.54, 1.807) is 18.2 Å². The van der Waals surface area contributed by atoms with Crippen LogP contribution in [0.4, 0.5) is 0 Å². The molecule has 3 heteroatoms. The molecule has 0 aliphatic heterocycles.